The summed E-state index contributed by atoms with van der Waals surface area (Å²) in [6, 6.07) is 5.97. The number of hydrogen-bond acceptors (Lipinski definition) is 2. The van der Waals surface area contributed by atoms with E-state index in [1.54, 1.807) is 0 Å². The van der Waals surface area contributed by atoms with Gasteiger partial charge in [0.2, 0.25) is 0 Å². The van der Waals surface area contributed by atoms with Crippen LogP contribution in [0.2, 0.25) is 0 Å². The van der Waals surface area contributed by atoms with Crippen LogP contribution in [0.25, 0.3) is 10.9 Å². The maximum atomic E-state index is 12.5. The summed E-state index contributed by atoms with van der Waals surface area (Å²) in [7, 11) is 0. The summed E-state index contributed by atoms with van der Waals surface area (Å²) in [5.74, 6) is 1.05. The molecule has 0 spiro atoms. The molecule has 3 heteroatoms. The second-order valence-electron chi connectivity index (χ2n) is 5.69. The molecule has 2 aromatic rings. The summed E-state index contributed by atoms with van der Waals surface area (Å²) in [6.45, 7) is 8.33. The van der Waals surface area contributed by atoms with Gasteiger partial charge < -0.3 is 9.30 Å². The van der Waals surface area contributed by atoms with E-state index >= 15 is 0 Å². The summed E-state index contributed by atoms with van der Waals surface area (Å²) >= 11 is 0. The van der Waals surface area contributed by atoms with Crippen LogP contribution in [0.15, 0.2) is 29.2 Å². The molecule has 2 atom stereocenters. The fourth-order valence-corrected chi connectivity index (χ4v) is 2.75. The lowest BCUT2D eigenvalue weighted by atomic mass is 10.00. The molecular weight excluding hydrogens is 238 g/mol. The highest BCUT2D eigenvalue weighted by Gasteiger charge is 2.26. The molecule has 0 fully saturated rings. The third-order valence-corrected chi connectivity index (χ3v) is 4.10. The van der Waals surface area contributed by atoms with Gasteiger partial charge in [0.25, 0.3) is 0 Å². The predicted octanol–water partition coefficient (Wildman–Crippen LogP) is 3.47. The Labute approximate surface area is 112 Å². The van der Waals surface area contributed by atoms with Gasteiger partial charge in [-0.1, -0.05) is 19.9 Å². The zero-order valence-corrected chi connectivity index (χ0v) is 11.8. The van der Waals surface area contributed by atoms with Gasteiger partial charge in [-0.25, -0.2) is 0 Å². The monoisotopic (exact) mass is 257 g/mol. The second-order valence-corrected chi connectivity index (χ2v) is 5.69. The van der Waals surface area contributed by atoms with Crippen molar-refractivity contribution in [3.05, 3.63) is 40.2 Å². The van der Waals surface area contributed by atoms with Crippen molar-refractivity contribution in [2.45, 2.75) is 45.8 Å². The average Bonchev–Trinajstić information content (AvgIpc) is 2.37. The van der Waals surface area contributed by atoms with E-state index in [-0.39, 0.29) is 23.5 Å². The lowest BCUT2D eigenvalue weighted by molar-refractivity contribution is 0.153. The zero-order valence-electron chi connectivity index (χ0n) is 11.8. The third kappa shape index (κ3) is 1.68. The molecule has 3 nitrogen and oxygen atoms in total. The molecule has 0 radical (unpaired) electrons. The normalized spacial score (nSPS) is 21.7. The fourth-order valence-electron chi connectivity index (χ4n) is 2.75. The van der Waals surface area contributed by atoms with Crippen LogP contribution in [-0.4, -0.2) is 10.7 Å². The topological polar surface area (TPSA) is 31.2 Å². The van der Waals surface area contributed by atoms with Gasteiger partial charge in [0.05, 0.1) is 11.6 Å². The molecular formula is C16H19NO2. The molecule has 0 saturated heterocycles. The molecule has 0 bridgehead atoms. The molecule has 100 valence electrons. The maximum Gasteiger partial charge on any atom is 0.192 e. The molecule has 1 aliphatic heterocycles. The van der Waals surface area contributed by atoms with Crippen LogP contribution in [0.5, 0.6) is 5.75 Å². The zero-order chi connectivity index (χ0) is 13.7. The van der Waals surface area contributed by atoms with Crippen LogP contribution in [0.3, 0.4) is 0 Å². The molecule has 3 rings (SSSR count). The lowest BCUT2D eigenvalue weighted by Crippen LogP contribution is -2.31. The molecule has 0 aliphatic carbocycles. The van der Waals surface area contributed by atoms with Gasteiger partial charge in [-0.2, -0.15) is 0 Å². The van der Waals surface area contributed by atoms with Crippen molar-refractivity contribution >= 4 is 10.9 Å². The predicted molar refractivity (Wildman–Crippen MR) is 77.1 cm³/mol. The highest BCUT2D eigenvalue weighted by atomic mass is 16.5. The Balaban J connectivity index is 2.46. The fraction of sp³-hybridized carbons (Fsp3) is 0.438. The summed E-state index contributed by atoms with van der Waals surface area (Å²) in [6.07, 6.45) is 2.13. The molecule has 1 aliphatic rings. The highest BCUT2D eigenvalue weighted by molar-refractivity contribution is 5.86. The quantitative estimate of drug-likeness (QED) is 0.783. The first-order valence-corrected chi connectivity index (χ1v) is 6.85. The Hall–Kier alpha value is -1.77. The molecule has 0 saturated carbocycles. The van der Waals surface area contributed by atoms with E-state index in [2.05, 4.69) is 32.3 Å². The number of pyridine rings is 1. The molecule has 0 amide bonds. The Morgan fingerprint density at radius 3 is 2.68 bits per heavy atom. The van der Waals surface area contributed by atoms with Crippen LogP contribution >= 0.6 is 0 Å². The van der Waals surface area contributed by atoms with Crippen molar-refractivity contribution in [3.63, 3.8) is 0 Å². The molecule has 2 heterocycles. The van der Waals surface area contributed by atoms with Gasteiger partial charge in [0, 0.05) is 17.1 Å². The minimum absolute atomic E-state index is 0.112. The minimum atomic E-state index is 0.112. The van der Waals surface area contributed by atoms with E-state index in [1.165, 1.54) is 0 Å². The Morgan fingerprint density at radius 1 is 1.26 bits per heavy atom. The second kappa shape index (κ2) is 4.12. The molecule has 19 heavy (non-hydrogen) atoms. The van der Waals surface area contributed by atoms with E-state index in [0.717, 1.165) is 22.2 Å². The maximum absolute atomic E-state index is 12.5. The van der Waals surface area contributed by atoms with Crippen molar-refractivity contribution in [2.24, 2.45) is 0 Å². The first kappa shape index (κ1) is 12.3. The number of benzene rings is 1. The molecule has 1 aromatic carbocycles. The van der Waals surface area contributed by atoms with Crippen LogP contribution in [0, 0.1) is 0 Å². The van der Waals surface area contributed by atoms with Crippen LogP contribution in [0.4, 0.5) is 0 Å². The summed E-state index contributed by atoms with van der Waals surface area (Å²) in [5, 5.41) is 0.766. The van der Waals surface area contributed by atoms with E-state index in [1.807, 2.05) is 24.4 Å². The molecule has 2 unspecified atom stereocenters. The van der Waals surface area contributed by atoms with Gasteiger partial charge >= 0.3 is 0 Å². The van der Waals surface area contributed by atoms with Gasteiger partial charge in [-0.05, 0) is 31.9 Å². The standard InChI is InChI=1S/C16H19NO2/c1-9(2)13-8-17-10(3)11(4)19-14-7-5-6-12(15(14)17)16(13)18/h5-11H,1-4H3. The van der Waals surface area contributed by atoms with Crippen LogP contribution in [-0.2, 0) is 0 Å². The van der Waals surface area contributed by atoms with Crippen molar-refractivity contribution in [2.75, 3.05) is 0 Å². The van der Waals surface area contributed by atoms with E-state index in [4.69, 9.17) is 4.74 Å². The molecule has 1 aromatic heterocycles. The van der Waals surface area contributed by atoms with Gasteiger partial charge in [0.1, 0.15) is 11.9 Å². The lowest BCUT2D eigenvalue weighted by Gasteiger charge is -2.32. The first-order chi connectivity index (χ1) is 9.00. The summed E-state index contributed by atoms with van der Waals surface area (Å²) < 4.78 is 8.12. The third-order valence-electron chi connectivity index (χ3n) is 4.10. The summed E-state index contributed by atoms with van der Waals surface area (Å²) in [4.78, 5) is 12.5. The first-order valence-electron chi connectivity index (χ1n) is 6.85. The van der Waals surface area contributed by atoms with Crippen molar-refractivity contribution in [3.8, 4) is 5.75 Å². The van der Waals surface area contributed by atoms with Crippen molar-refractivity contribution < 1.29 is 4.74 Å². The molecule has 0 N–H and O–H groups in total. The SMILES string of the molecule is CC(C)c1cn2c3c(cccc3c1=O)OC(C)C2C. The Morgan fingerprint density at radius 2 is 2.00 bits per heavy atom. The smallest absolute Gasteiger partial charge is 0.192 e. The number of ether oxygens (including phenoxy) is 1. The number of hydrogen-bond donors (Lipinski definition) is 0. The largest absolute Gasteiger partial charge is 0.486 e. The average molecular weight is 257 g/mol. The van der Waals surface area contributed by atoms with Gasteiger partial charge in [-0.3, -0.25) is 4.79 Å². The van der Waals surface area contributed by atoms with Gasteiger partial charge in [0.15, 0.2) is 5.43 Å². The van der Waals surface area contributed by atoms with E-state index < -0.39 is 0 Å². The number of aromatic nitrogens is 1. The number of para-hydroxylation sites is 1. The Kier molecular flexibility index (Phi) is 2.66. The van der Waals surface area contributed by atoms with Crippen LogP contribution in [0.1, 0.15) is 45.2 Å². The Bertz CT molecular complexity index is 700. The van der Waals surface area contributed by atoms with E-state index in [9.17, 15) is 4.79 Å². The van der Waals surface area contributed by atoms with Gasteiger partial charge in [-0.15, -0.1) is 0 Å². The van der Waals surface area contributed by atoms with E-state index in [0.29, 0.717) is 0 Å². The number of nitrogens with zero attached hydrogens (tertiary/aromatic N) is 1. The van der Waals surface area contributed by atoms with Crippen molar-refractivity contribution in [1.29, 1.82) is 0 Å². The summed E-state index contributed by atoms with van der Waals surface area (Å²) in [5.41, 5.74) is 1.95. The van der Waals surface area contributed by atoms with Crippen molar-refractivity contribution in [1.82, 2.24) is 4.57 Å². The number of rotatable bonds is 1. The minimum Gasteiger partial charge on any atom is -0.486 e. The highest BCUT2D eigenvalue weighted by Crippen LogP contribution is 2.34. The van der Waals surface area contributed by atoms with Crippen LogP contribution < -0.4 is 10.2 Å².